The van der Waals surface area contributed by atoms with Crippen LogP contribution in [0.3, 0.4) is 0 Å². The third-order valence-corrected chi connectivity index (χ3v) is 10.0. The van der Waals surface area contributed by atoms with Gasteiger partial charge in [-0.2, -0.15) is 0 Å². The van der Waals surface area contributed by atoms with E-state index < -0.39 is 23.0 Å². The molecule has 2 heterocycles. The van der Waals surface area contributed by atoms with Gasteiger partial charge in [0, 0.05) is 43.1 Å². The van der Waals surface area contributed by atoms with Gasteiger partial charge in [0.05, 0.1) is 18.5 Å². The molecule has 2 aliphatic carbocycles. The van der Waals surface area contributed by atoms with Crippen LogP contribution in [-0.4, -0.2) is 73.5 Å². The van der Waals surface area contributed by atoms with E-state index in [0.717, 1.165) is 43.4 Å². The fourth-order valence-electron chi connectivity index (χ4n) is 7.30. The Kier molecular flexibility index (Phi) is 10.0. The average Bonchev–Trinajstić information content (AvgIpc) is 3.77. The number of nitrogens with zero attached hydrogens (tertiary/aromatic N) is 1. The van der Waals surface area contributed by atoms with Crippen LogP contribution in [0.4, 0.5) is 0 Å². The fourth-order valence-corrected chi connectivity index (χ4v) is 7.30. The minimum absolute atomic E-state index is 0.0385. The standard InChI is InChI=1S/C35H48N6O5/c1-5-22-11-12-27(39-6-2)24(18-22)20-45-32(44)35-31(43)26-10-8-7-9-25(26)30(42)34(35,46-35)15-13-21(3)17-28(41-33(37)38-4)23-14-16-40-29(36)19-23/h7-10,13-14,19,22,24,27-28,39-40H,5-6,11-12,15-18,20,36H2,1-4H3,(H3,37,38,41). The summed E-state index contributed by atoms with van der Waals surface area (Å²) in [5, 5.41) is 9.83. The van der Waals surface area contributed by atoms with Crippen LogP contribution in [0, 0.1) is 11.8 Å². The Morgan fingerprint density at radius 2 is 1.96 bits per heavy atom. The topological polar surface area (TPSA) is 173 Å². The zero-order valence-corrected chi connectivity index (χ0v) is 27.4. The maximum absolute atomic E-state index is 14.1. The fraction of sp³-hybridized carbons (Fsp3) is 0.543. The summed E-state index contributed by atoms with van der Waals surface area (Å²) in [6, 6.07) is 6.57. The molecule has 1 saturated carbocycles. The van der Waals surface area contributed by atoms with Gasteiger partial charge in [0.1, 0.15) is 0 Å². The normalized spacial score (nSPS) is 29.9. The van der Waals surface area contributed by atoms with E-state index in [4.69, 9.17) is 20.9 Å². The zero-order valence-electron chi connectivity index (χ0n) is 27.4. The van der Waals surface area contributed by atoms with E-state index in [0.29, 0.717) is 24.7 Å². The van der Waals surface area contributed by atoms with Crippen molar-refractivity contribution in [3.8, 4) is 0 Å². The molecule has 0 aromatic heterocycles. The predicted octanol–water partition coefficient (Wildman–Crippen LogP) is 2.88. The number of Topliss-reactive ketones (excluding diaryl/α,β-unsaturated/α-hetero) is 2. The third kappa shape index (κ3) is 6.22. The van der Waals surface area contributed by atoms with Crippen molar-refractivity contribution >= 4 is 23.5 Å². The Morgan fingerprint density at radius 3 is 2.63 bits per heavy atom. The number of hydrogen-bond acceptors (Lipinski definition) is 9. The first-order valence-electron chi connectivity index (χ1n) is 16.4. The summed E-state index contributed by atoms with van der Waals surface area (Å²) in [4.78, 5) is 46.1. The largest absolute Gasteiger partial charge is 0.463 e. The summed E-state index contributed by atoms with van der Waals surface area (Å²) < 4.78 is 12.1. The quantitative estimate of drug-likeness (QED) is 0.0576. The smallest absolute Gasteiger partial charge is 0.350 e. The molecule has 4 aliphatic rings. The Morgan fingerprint density at radius 1 is 1.22 bits per heavy atom. The highest BCUT2D eigenvalue weighted by Crippen LogP contribution is 2.58. The first kappa shape index (κ1) is 33.4. The summed E-state index contributed by atoms with van der Waals surface area (Å²) >= 11 is 0. The number of guanidine groups is 1. The Labute approximate surface area is 271 Å². The average molecular weight is 633 g/mol. The van der Waals surface area contributed by atoms with Crippen LogP contribution in [-0.2, 0) is 14.3 Å². The molecule has 2 fully saturated rings. The van der Waals surface area contributed by atoms with Gasteiger partial charge in [0.25, 0.3) is 5.60 Å². The summed E-state index contributed by atoms with van der Waals surface area (Å²) in [5.74, 6) is -0.184. The van der Waals surface area contributed by atoms with Gasteiger partial charge in [0.15, 0.2) is 17.3 Å². The summed E-state index contributed by atoms with van der Waals surface area (Å²) in [6.07, 6.45) is 10.4. The number of fused-ring (bicyclic) bond motifs is 2. The van der Waals surface area contributed by atoms with Crippen LogP contribution in [0.15, 0.2) is 64.5 Å². The number of dihydropyridines is 1. The molecule has 0 spiro atoms. The van der Waals surface area contributed by atoms with E-state index in [-0.39, 0.29) is 53.9 Å². The SMILES string of the molecule is CCNC1CCC(CC)CC1COC(=O)C12OC1(CC=C(C)CC(NC(N)=NC)C1=CCNC(N)=C1)C(=O)c1ccccc1C2=O. The summed E-state index contributed by atoms with van der Waals surface area (Å²) in [6.45, 7) is 7.75. The van der Waals surface area contributed by atoms with Crippen LogP contribution < -0.4 is 27.4 Å². The van der Waals surface area contributed by atoms with Crippen LogP contribution >= 0.6 is 0 Å². The molecule has 11 heteroatoms. The van der Waals surface area contributed by atoms with Gasteiger partial charge in [-0.3, -0.25) is 14.6 Å². The number of esters is 1. The molecule has 0 bridgehead atoms. The number of ketones is 2. The Hall–Kier alpha value is -3.96. The molecular formula is C35H48N6O5. The highest BCUT2D eigenvalue weighted by molar-refractivity contribution is 6.32. The van der Waals surface area contributed by atoms with Crippen molar-refractivity contribution in [3.05, 3.63) is 70.6 Å². The van der Waals surface area contributed by atoms with Crippen molar-refractivity contribution in [2.45, 2.75) is 82.6 Å². The lowest BCUT2D eigenvalue weighted by atomic mass is 9.72. The molecule has 1 saturated heterocycles. The highest BCUT2D eigenvalue weighted by atomic mass is 16.7. The van der Waals surface area contributed by atoms with Crippen LogP contribution in [0.2, 0.25) is 0 Å². The van der Waals surface area contributed by atoms with E-state index in [9.17, 15) is 14.4 Å². The monoisotopic (exact) mass is 632 g/mol. The van der Waals surface area contributed by atoms with Crippen molar-refractivity contribution in [1.29, 1.82) is 0 Å². The van der Waals surface area contributed by atoms with E-state index in [2.05, 4.69) is 34.8 Å². The molecule has 1 aromatic carbocycles. The minimum Gasteiger partial charge on any atom is -0.463 e. The van der Waals surface area contributed by atoms with Crippen molar-refractivity contribution in [1.82, 2.24) is 16.0 Å². The first-order valence-corrected chi connectivity index (χ1v) is 16.4. The van der Waals surface area contributed by atoms with Gasteiger partial charge in [-0.05, 0) is 56.7 Å². The van der Waals surface area contributed by atoms with E-state index >= 15 is 0 Å². The number of ether oxygens (including phenoxy) is 2. The molecule has 248 valence electrons. The van der Waals surface area contributed by atoms with Gasteiger partial charge in [-0.25, -0.2) is 4.79 Å². The second-order valence-corrected chi connectivity index (χ2v) is 12.9. The second-order valence-electron chi connectivity index (χ2n) is 12.9. The van der Waals surface area contributed by atoms with Gasteiger partial charge in [-0.15, -0.1) is 0 Å². The van der Waals surface area contributed by atoms with Gasteiger partial charge in [0.2, 0.25) is 5.78 Å². The molecule has 6 unspecified atom stereocenters. The number of nitrogens with one attached hydrogen (secondary N) is 3. The summed E-state index contributed by atoms with van der Waals surface area (Å²) in [5.41, 5.74) is 10.7. The molecular weight excluding hydrogens is 584 g/mol. The number of benzene rings is 1. The van der Waals surface area contributed by atoms with Gasteiger partial charge >= 0.3 is 5.97 Å². The van der Waals surface area contributed by atoms with E-state index in [1.165, 1.54) is 0 Å². The maximum atomic E-state index is 14.1. The lowest BCUT2D eigenvalue weighted by molar-refractivity contribution is -0.150. The number of hydrogen-bond donors (Lipinski definition) is 5. The molecule has 0 amide bonds. The lowest BCUT2D eigenvalue weighted by Crippen LogP contribution is -2.51. The number of carbonyl (C=O) groups excluding carboxylic acids is 3. The maximum Gasteiger partial charge on any atom is 0.350 e. The molecule has 7 N–H and O–H groups in total. The number of rotatable bonds is 12. The molecule has 6 atom stereocenters. The molecule has 0 radical (unpaired) electrons. The van der Waals surface area contributed by atoms with Crippen molar-refractivity contribution in [2.75, 3.05) is 26.7 Å². The number of carbonyl (C=O) groups is 3. The second kappa shape index (κ2) is 13.8. The molecule has 46 heavy (non-hydrogen) atoms. The van der Waals surface area contributed by atoms with Crippen LogP contribution in [0.25, 0.3) is 0 Å². The van der Waals surface area contributed by atoms with Gasteiger partial charge < -0.3 is 36.9 Å². The van der Waals surface area contributed by atoms with Crippen molar-refractivity contribution in [3.63, 3.8) is 0 Å². The number of epoxide rings is 1. The highest BCUT2D eigenvalue weighted by Gasteiger charge is 2.85. The lowest BCUT2D eigenvalue weighted by Gasteiger charge is -2.36. The predicted molar refractivity (Wildman–Crippen MR) is 177 cm³/mol. The number of aliphatic imine (C=N–C) groups is 1. The van der Waals surface area contributed by atoms with Crippen molar-refractivity contribution < 1.29 is 23.9 Å². The Bertz CT molecular complexity index is 1480. The van der Waals surface area contributed by atoms with E-state index in [1.54, 1.807) is 31.3 Å². The molecule has 5 rings (SSSR count). The molecule has 2 aliphatic heterocycles. The van der Waals surface area contributed by atoms with Gasteiger partial charge in [-0.1, -0.05) is 62.3 Å². The first-order chi connectivity index (χ1) is 22.1. The Balaban J connectivity index is 1.39. The van der Waals surface area contributed by atoms with Crippen LogP contribution in [0.1, 0.15) is 80.0 Å². The number of nitrogens with two attached hydrogens (primary N) is 2. The van der Waals surface area contributed by atoms with Crippen LogP contribution in [0.5, 0.6) is 0 Å². The molecule has 11 nitrogen and oxygen atoms in total. The van der Waals surface area contributed by atoms with E-state index in [1.807, 2.05) is 25.2 Å². The minimum atomic E-state index is -2.01. The van der Waals surface area contributed by atoms with Crippen molar-refractivity contribution in [2.24, 2.45) is 28.3 Å². The molecule has 1 aromatic rings. The summed E-state index contributed by atoms with van der Waals surface area (Å²) in [7, 11) is 1.60. The zero-order chi connectivity index (χ0) is 33.1. The third-order valence-electron chi connectivity index (χ3n) is 10.0.